The minimum atomic E-state index is 0.398. The Morgan fingerprint density at radius 3 is 2.65 bits per heavy atom. The van der Waals surface area contributed by atoms with Crippen molar-refractivity contribution >= 4 is 27.5 Å². The maximum Gasteiger partial charge on any atom is 0.133 e. The second-order valence-electron chi connectivity index (χ2n) is 4.67. The maximum absolute atomic E-state index is 11.2. The second kappa shape index (κ2) is 5.17. The Balaban J connectivity index is 2.11. The molecule has 2 rings (SSSR count). The number of ketones is 1. The predicted octanol–water partition coefficient (Wildman–Crippen LogP) is 3.10. The third-order valence-electron chi connectivity index (χ3n) is 3.45. The molecule has 0 aromatic carbocycles. The summed E-state index contributed by atoms with van der Waals surface area (Å²) < 4.78 is 1.04. The highest BCUT2D eigenvalue weighted by atomic mass is 79.9. The normalized spacial score (nSPS) is 17.2. The molecule has 0 radical (unpaired) electrons. The number of carbonyl (C=O) groups is 1. The van der Waals surface area contributed by atoms with Crippen molar-refractivity contribution < 1.29 is 4.79 Å². The molecule has 1 aromatic rings. The summed E-state index contributed by atoms with van der Waals surface area (Å²) in [4.78, 5) is 17.9. The zero-order chi connectivity index (χ0) is 12.4. The van der Waals surface area contributed by atoms with Crippen molar-refractivity contribution in [3.63, 3.8) is 0 Å². The van der Waals surface area contributed by atoms with E-state index < -0.39 is 0 Å². The van der Waals surface area contributed by atoms with Gasteiger partial charge < -0.3 is 4.90 Å². The first kappa shape index (κ1) is 12.6. The molecule has 0 aliphatic heterocycles. The Kier molecular flexibility index (Phi) is 3.82. The van der Waals surface area contributed by atoms with Crippen LogP contribution in [0.5, 0.6) is 0 Å². The van der Waals surface area contributed by atoms with E-state index in [0.717, 1.165) is 23.1 Å². The number of aromatic nitrogens is 1. The molecular weight excluding hydrogens is 280 g/mol. The molecule has 0 amide bonds. The number of aryl methyl sites for hydroxylation is 1. The van der Waals surface area contributed by atoms with Crippen LogP contribution in [0.3, 0.4) is 0 Å². The number of hydrogen-bond donors (Lipinski definition) is 0. The molecule has 1 fully saturated rings. The summed E-state index contributed by atoms with van der Waals surface area (Å²) in [6.07, 6.45) is 5.17. The summed E-state index contributed by atoms with van der Waals surface area (Å²) in [7, 11) is 2.07. The van der Waals surface area contributed by atoms with Gasteiger partial charge >= 0.3 is 0 Å². The molecule has 1 heterocycles. The van der Waals surface area contributed by atoms with Crippen molar-refractivity contribution in [2.75, 3.05) is 11.9 Å². The third-order valence-corrected chi connectivity index (χ3v) is 4.28. The maximum atomic E-state index is 11.2. The van der Waals surface area contributed by atoms with Gasteiger partial charge in [0.15, 0.2) is 0 Å². The highest BCUT2D eigenvalue weighted by Crippen LogP contribution is 2.25. The standard InChI is InChI=1S/C13H17BrN2O/c1-9-7-13(15-8-12(9)14)16(2)10-3-5-11(17)6-4-10/h7-8,10H,3-6H2,1-2H3. The zero-order valence-corrected chi connectivity index (χ0v) is 11.8. The van der Waals surface area contributed by atoms with Crippen LogP contribution in [0, 0.1) is 6.92 Å². The molecule has 3 nitrogen and oxygen atoms in total. The lowest BCUT2D eigenvalue weighted by molar-refractivity contribution is -0.120. The van der Waals surface area contributed by atoms with Crippen LogP contribution in [0.15, 0.2) is 16.7 Å². The van der Waals surface area contributed by atoms with Gasteiger partial charge in [-0.25, -0.2) is 4.98 Å². The molecule has 1 aromatic heterocycles. The third kappa shape index (κ3) is 2.86. The number of nitrogens with zero attached hydrogens (tertiary/aromatic N) is 2. The van der Waals surface area contributed by atoms with Crippen LogP contribution in [0.2, 0.25) is 0 Å². The highest BCUT2D eigenvalue weighted by molar-refractivity contribution is 9.10. The number of pyridine rings is 1. The lowest BCUT2D eigenvalue weighted by Gasteiger charge is -2.31. The SMILES string of the molecule is Cc1cc(N(C)C2CCC(=O)CC2)ncc1Br. The number of hydrogen-bond acceptors (Lipinski definition) is 3. The van der Waals surface area contributed by atoms with Crippen molar-refractivity contribution in [3.8, 4) is 0 Å². The summed E-state index contributed by atoms with van der Waals surface area (Å²) in [5.41, 5.74) is 1.19. The molecule has 0 spiro atoms. The van der Waals surface area contributed by atoms with Gasteiger partial charge in [-0.2, -0.15) is 0 Å². The number of anilines is 1. The van der Waals surface area contributed by atoms with Crippen LogP contribution in [-0.4, -0.2) is 23.9 Å². The first-order valence-electron chi connectivity index (χ1n) is 5.94. The van der Waals surface area contributed by atoms with Gasteiger partial charge in [-0.3, -0.25) is 4.79 Å². The van der Waals surface area contributed by atoms with Gasteiger partial charge in [-0.15, -0.1) is 0 Å². The summed E-state index contributed by atoms with van der Waals surface area (Å²) in [6.45, 7) is 2.06. The zero-order valence-electron chi connectivity index (χ0n) is 10.2. The highest BCUT2D eigenvalue weighted by Gasteiger charge is 2.23. The molecule has 0 bridgehead atoms. The largest absolute Gasteiger partial charge is 0.357 e. The van der Waals surface area contributed by atoms with Gasteiger partial charge in [0, 0.05) is 36.6 Å². The summed E-state index contributed by atoms with van der Waals surface area (Å²) >= 11 is 3.46. The van der Waals surface area contributed by atoms with Gasteiger partial charge in [0.05, 0.1) is 0 Å². The van der Waals surface area contributed by atoms with E-state index in [2.05, 4.69) is 45.9 Å². The predicted molar refractivity (Wildman–Crippen MR) is 72.3 cm³/mol. The minimum absolute atomic E-state index is 0.398. The van der Waals surface area contributed by atoms with Gasteiger partial charge in [-0.05, 0) is 47.3 Å². The van der Waals surface area contributed by atoms with Crippen molar-refractivity contribution in [2.24, 2.45) is 0 Å². The van der Waals surface area contributed by atoms with Crippen molar-refractivity contribution in [1.82, 2.24) is 4.98 Å². The van der Waals surface area contributed by atoms with E-state index >= 15 is 0 Å². The number of rotatable bonds is 2. The fourth-order valence-corrected chi connectivity index (χ4v) is 2.43. The smallest absolute Gasteiger partial charge is 0.133 e. The summed E-state index contributed by atoms with van der Waals surface area (Å²) in [5.74, 6) is 1.39. The van der Waals surface area contributed by atoms with Crippen LogP contribution in [-0.2, 0) is 4.79 Å². The Morgan fingerprint density at radius 1 is 1.41 bits per heavy atom. The Hall–Kier alpha value is -0.900. The fourth-order valence-electron chi connectivity index (χ4n) is 2.22. The van der Waals surface area contributed by atoms with E-state index in [1.807, 2.05) is 6.20 Å². The molecule has 0 N–H and O–H groups in total. The molecule has 0 saturated heterocycles. The van der Waals surface area contributed by atoms with E-state index in [1.165, 1.54) is 5.56 Å². The second-order valence-corrected chi connectivity index (χ2v) is 5.53. The molecule has 1 aliphatic rings. The number of halogens is 1. The van der Waals surface area contributed by atoms with E-state index in [0.29, 0.717) is 24.7 Å². The van der Waals surface area contributed by atoms with Crippen molar-refractivity contribution in [2.45, 2.75) is 38.6 Å². The van der Waals surface area contributed by atoms with Crippen LogP contribution in [0.25, 0.3) is 0 Å². The quantitative estimate of drug-likeness (QED) is 0.841. The number of Topliss-reactive ketones (excluding diaryl/α,β-unsaturated/α-hetero) is 1. The lowest BCUT2D eigenvalue weighted by atomic mass is 9.93. The molecule has 1 aliphatic carbocycles. The summed E-state index contributed by atoms with van der Waals surface area (Å²) in [5, 5.41) is 0. The average Bonchev–Trinajstić information content (AvgIpc) is 2.33. The molecule has 92 valence electrons. The van der Waals surface area contributed by atoms with E-state index in [4.69, 9.17) is 0 Å². The Bertz CT molecular complexity index is 423. The lowest BCUT2D eigenvalue weighted by Crippen LogP contribution is -2.35. The first-order valence-corrected chi connectivity index (χ1v) is 6.74. The minimum Gasteiger partial charge on any atom is -0.357 e. The average molecular weight is 297 g/mol. The van der Waals surface area contributed by atoms with E-state index in [1.54, 1.807) is 0 Å². The van der Waals surface area contributed by atoms with Crippen LogP contribution >= 0.6 is 15.9 Å². The molecule has 1 saturated carbocycles. The topological polar surface area (TPSA) is 33.2 Å². The molecule has 0 unspecified atom stereocenters. The van der Waals surface area contributed by atoms with E-state index in [9.17, 15) is 4.79 Å². The Labute approximate surface area is 110 Å². The number of carbonyl (C=O) groups excluding carboxylic acids is 1. The van der Waals surface area contributed by atoms with Gasteiger partial charge in [0.2, 0.25) is 0 Å². The fraction of sp³-hybridized carbons (Fsp3) is 0.538. The van der Waals surface area contributed by atoms with Crippen LogP contribution in [0.1, 0.15) is 31.2 Å². The van der Waals surface area contributed by atoms with Crippen molar-refractivity contribution in [3.05, 3.63) is 22.3 Å². The monoisotopic (exact) mass is 296 g/mol. The van der Waals surface area contributed by atoms with Crippen LogP contribution < -0.4 is 4.90 Å². The van der Waals surface area contributed by atoms with Gasteiger partial charge in [0.1, 0.15) is 11.6 Å². The molecule has 0 atom stereocenters. The van der Waals surface area contributed by atoms with E-state index in [-0.39, 0.29) is 0 Å². The molecular formula is C13H17BrN2O. The van der Waals surface area contributed by atoms with Gasteiger partial charge in [0.25, 0.3) is 0 Å². The van der Waals surface area contributed by atoms with Gasteiger partial charge in [-0.1, -0.05) is 0 Å². The first-order chi connectivity index (χ1) is 8.08. The Morgan fingerprint density at radius 2 is 2.06 bits per heavy atom. The van der Waals surface area contributed by atoms with Crippen LogP contribution in [0.4, 0.5) is 5.82 Å². The van der Waals surface area contributed by atoms with Crippen molar-refractivity contribution in [1.29, 1.82) is 0 Å². The molecule has 4 heteroatoms. The summed E-state index contributed by atoms with van der Waals surface area (Å²) in [6, 6.07) is 2.53. The molecule has 17 heavy (non-hydrogen) atoms.